The summed E-state index contributed by atoms with van der Waals surface area (Å²) in [5.41, 5.74) is 0. The number of methoxy groups -OCH3 is 1. The van der Waals surface area contributed by atoms with Gasteiger partial charge in [-0.15, -0.1) is 0 Å². The highest BCUT2D eigenvalue weighted by molar-refractivity contribution is 5.74. The van der Waals surface area contributed by atoms with Crippen LogP contribution < -0.4 is 0 Å². The van der Waals surface area contributed by atoms with Gasteiger partial charge >= 0.3 is 5.97 Å². The van der Waals surface area contributed by atoms with E-state index in [1.165, 1.54) is 7.11 Å². The van der Waals surface area contributed by atoms with Crippen molar-refractivity contribution in [1.82, 2.24) is 0 Å². The Balaban J connectivity index is 4.27. The van der Waals surface area contributed by atoms with E-state index in [-0.39, 0.29) is 24.7 Å². The van der Waals surface area contributed by atoms with E-state index in [0.717, 1.165) is 12.8 Å². The van der Waals surface area contributed by atoms with E-state index < -0.39 is 12.1 Å². The van der Waals surface area contributed by atoms with Crippen LogP contribution >= 0.6 is 0 Å². The third-order valence-electron chi connectivity index (χ3n) is 3.10. The smallest absolute Gasteiger partial charge is 0.335 e. The molecule has 0 aliphatic heterocycles. The standard InChI is InChI=1S/C14H28O5/c1-6-7-8-18-9-19-13(10(2)3)11(4)12(15)14(16)17-5/h10-13,15H,6-9H2,1-5H3/t11-,12+,13-/m1/s1. The third kappa shape index (κ3) is 6.89. The number of unbranched alkanes of at least 4 members (excludes halogenated alkanes) is 1. The van der Waals surface area contributed by atoms with E-state index in [0.29, 0.717) is 6.61 Å². The van der Waals surface area contributed by atoms with Crippen molar-refractivity contribution in [3.63, 3.8) is 0 Å². The second-order valence-electron chi connectivity index (χ2n) is 5.08. The summed E-state index contributed by atoms with van der Waals surface area (Å²) in [4.78, 5) is 11.3. The SMILES string of the molecule is CCCCOCO[C@H](C(C)C)[C@H](C)[C@H](O)C(=O)OC. The first-order valence-corrected chi connectivity index (χ1v) is 6.90. The van der Waals surface area contributed by atoms with Crippen LogP contribution in [-0.4, -0.2) is 43.8 Å². The molecule has 0 bridgehead atoms. The van der Waals surface area contributed by atoms with Crippen LogP contribution in [0, 0.1) is 11.8 Å². The number of aliphatic hydroxyl groups excluding tert-OH is 1. The molecule has 1 N–H and O–H groups in total. The fourth-order valence-electron chi connectivity index (χ4n) is 1.90. The lowest BCUT2D eigenvalue weighted by molar-refractivity contribution is -0.165. The number of hydrogen-bond acceptors (Lipinski definition) is 5. The number of aliphatic hydroxyl groups is 1. The fraction of sp³-hybridized carbons (Fsp3) is 0.929. The predicted molar refractivity (Wildman–Crippen MR) is 72.6 cm³/mol. The molecule has 0 spiro atoms. The second-order valence-corrected chi connectivity index (χ2v) is 5.08. The van der Waals surface area contributed by atoms with E-state index in [9.17, 15) is 9.90 Å². The van der Waals surface area contributed by atoms with E-state index in [1.807, 2.05) is 13.8 Å². The molecule has 0 saturated carbocycles. The molecule has 3 atom stereocenters. The molecule has 114 valence electrons. The van der Waals surface area contributed by atoms with Gasteiger partial charge in [-0.05, 0) is 12.3 Å². The topological polar surface area (TPSA) is 65.0 Å². The maximum atomic E-state index is 11.3. The van der Waals surface area contributed by atoms with Crippen molar-refractivity contribution in [2.75, 3.05) is 20.5 Å². The van der Waals surface area contributed by atoms with Crippen LogP contribution in [0.25, 0.3) is 0 Å². The number of esters is 1. The summed E-state index contributed by atoms with van der Waals surface area (Å²) in [6, 6.07) is 0. The average molecular weight is 276 g/mol. The molecule has 0 amide bonds. The molecule has 0 aliphatic carbocycles. The highest BCUT2D eigenvalue weighted by atomic mass is 16.7. The summed E-state index contributed by atoms with van der Waals surface area (Å²) in [7, 11) is 1.26. The molecule has 0 radical (unpaired) electrons. The first kappa shape index (κ1) is 18.4. The predicted octanol–water partition coefficient (Wildman–Crippen LogP) is 1.97. The van der Waals surface area contributed by atoms with Crippen LogP contribution in [0.1, 0.15) is 40.5 Å². The summed E-state index contributed by atoms with van der Waals surface area (Å²) < 4.78 is 15.5. The van der Waals surface area contributed by atoms with Gasteiger partial charge in [0, 0.05) is 12.5 Å². The van der Waals surface area contributed by atoms with Crippen molar-refractivity contribution in [3.8, 4) is 0 Å². The Labute approximate surface area is 116 Å². The lowest BCUT2D eigenvalue weighted by Gasteiger charge is -2.29. The van der Waals surface area contributed by atoms with Gasteiger partial charge in [-0.25, -0.2) is 4.79 Å². The minimum absolute atomic E-state index is 0.170. The van der Waals surface area contributed by atoms with Crippen LogP contribution in [0.2, 0.25) is 0 Å². The van der Waals surface area contributed by atoms with Crippen molar-refractivity contribution in [1.29, 1.82) is 0 Å². The summed E-state index contributed by atoms with van der Waals surface area (Å²) in [6.07, 6.45) is 0.643. The second kappa shape index (κ2) is 10.2. The van der Waals surface area contributed by atoms with Crippen LogP contribution in [0.4, 0.5) is 0 Å². The summed E-state index contributed by atoms with van der Waals surface area (Å²) in [5, 5.41) is 9.85. The van der Waals surface area contributed by atoms with Gasteiger partial charge in [0.05, 0.1) is 13.2 Å². The molecule has 0 aliphatic rings. The Hall–Kier alpha value is -0.650. The molecule has 5 nitrogen and oxygen atoms in total. The van der Waals surface area contributed by atoms with Crippen molar-refractivity contribution in [2.24, 2.45) is 11.8 Å². The lowest BCUT2D eigenvalue weighted by atomic mass is 9.90. The Morgan fingerprint density at radius 3 is 2.37 bits per heavy atom. The van der Waals surface area contributed by atoms with Crippen LogP contribution in [-0.2, 0) is 19.0 Å². The summed E-state index contributed by atoms with van der Waals surface area (Å²) >= 11 is 0. The normalized spacial score (nSPS) is 16.2. The van der Waals surface area contributed by atoms with Crippen LogP contribution in [0.3, 0.4) is 0 Å². The van der Waals surface area contributed by atoms with Gasteiger partial charge in [-0.2, -0.15) is 0 Å². The van der Waals surface area contributed by atoms with E-state index >= 15 is 0 Å². The molecule has 0 aromatic carbocycles. The highest BCUT2D eigenvalue weighted by Crippen LogP contribution is 2.20. The monoisotopic (exact) mass is 276 g/mol. The van der Waals surface area contributed by atoms with Crippen molar-refractivity contribution >= 4 is 5.97 Å². The van der Waals surface area contributed by atoms with E-state index in [4.69, 9.17) is 9.47 Å². The molecule has 0 aromatic rings. The number of carbonyl (C=O) groups excluding carboxylic acids is 1. The van der Waals surface area contributed by atoms with Gasteiger partial charge in [0.2, 0.25) is 0 Å². The van der Waals surface area contributed by atoms with E-state index in [1.54, 1.807) is 6.92 Å². The fourth-order valence-corrected chi connectivity index (χ4v) is 1.90. The molecule has 0 heterocycles. The van der Waals surface area contributed by atoms with Gasteiger partial charge in [0.15, 0.2) is 6.10 Å². The maximum Gasteiger partial charge on any atom is 0.335 e. The van der Waals surface area contributed by atoms with Gasteiger partial charge in [-0.1, -0.05) is 34.1 Å². The first-order valence-electron chi connectivity index (χ1n) is 6.90. The van der Waals surface area contributed by atoms with Crippen LogP contribution in [0.5, 0.6) is 0 Å². The number of hydrogen-bond donors (Lipinski definition) is 1. The maximum absolute atomic E-state index is 11.3. The minimum atomic E-state index is -1.17. The Bertz CT molecular complexity index is 242. The molecule has 0 saturated heterocycles. The lowest BCUT2D eigenvalue weighted by Crippen LogP contribution is -2.40. The highest BCUT2D eigenvalue weighted by Gasteiger charge is 2.32. The zero-order valence-electron chi connectivity index (χ0n) is 12.7. The van der Waals surface area contributed by atoms with Gasteiger partial charge < -0.3 is 19.3 Å². The summed E-state index contributed by atoms with van der Waals surface area (Å²) in [6.45, 7) is 8.68. The number of carbonyl (C=O) groups is 1. The Kier molecular flexibility index (Phi) is 9.83. The average Bonchev–Trinajstić information content (AvgIpc) is 2.39. The van der Waals surface area contributed by atoms with Crippen LogP contribution in [0.15, 0.2) is 0 Å². The molecular weight excluding hydrogens is 248 g/mol. The molecule has 0 fully saturated rings. The molecule has 5 heteroatoms. The van der Waals surface area contributed by atoms with Gasteiger partial charge in [-0.3, -0.25) is 0 Å². The molecule has 19 heavy (non-hydrogen) atoms. The van der Waals surface area contributed by atoms with Crippen molar-refractivity contribution < 1.29 is 24.1 Å². The van der Waals surface area contributed by atoms with Gasteiger partial charge in [0.1, 0.15) is 6.79 Å². The molecule has 0 aromatic heterocycles. The number of ether oxygens (including phenoxy) is 3. The summed E-state index contributed by atoms with van der Waals surface area (Å²) in [5.74, 6) is -0.806. The minimum Gasteiger partial charge on any atom is -0.467 e. The van der Waals surface area contributed by atoms with Crippen molar-refractivity contribution in [2.45, 2.75) is 52.7 Å². The molecular formula is C14H28O5. The molecule has 0 rings (SSSR count). The third-order valence-corrected chi connectivity index (χ3v) is 3.10. The quantitative estimate of drug-likeness (QED) is 0.375. The van der Waals surface area contributed by atoms with Gasteiger partial charge in [0.25, 0.3) is 0 Å². The first-order chi connectivity index (χ1) is 8.95. The molecule has 0 unspecified atom stereocenters. The zero-order chi connectivity index (χ0) is 14.8. The zero-order valence-corrected chi connectivity index (χ0v) is 12.7. The Morgan fingerprint density at radius 2 is 1.89 bits per heavy atom. The Morgan fingerprint density at radius 1 is 1.26 bits per heavy atom. The largest absolute Gasteiger partial charge is 0.467 e. The number of rotatable bonds is 10. The van der Waals surface area contributed by atoms with Crippen molar-refractivity contribution in [3.05, 3.63) is 0 Å². The van der Waals surface area contributed by atoms with E-state index in [2.05, 4.69) is 11.7 Å².